The van der Waals surface area contributed by atoms with Crippen LogP contribution in [0.5, 0.6) is 0 Å². The summed E-state index contributed by atoms with van der Waals surface area (Å²) in [5.41, 5.74) is 1.37. The average molecular weight is 531 g/mol. The van der Waals surface area contributed by atoms with Gasteiger partial charge in [-0.25, -0.2) is 0 Å². The monoisotopic (exact) mass is 530 g/mol. The van der Waals surface area contributed by atoms with Crippen LogP contribution in [0.1, 0.15) is 37.7 Å². The molecule has 0 radical (unpaired) electrons. The van der Waals surface area contributed by atoms with Gasteiger partial charge in [-0.05, 0) is 42.8 Å². The van der Waals surface area contributed by atoms with E-state index in [1.807, 2.05) is 12.1 Å². The Kier molecular flexibility index (Phi) is 8.41. The molecule has 5 rings (SSSR count). The lowest BCUT2D eigenvalue weighted by atomic mass is 9.69. The first-order valence-electron chi connectivity index (χ1n) is 13.0. The number of halogens is 1. The highest BCUT2D eigenvalue weighted by Gasteiger charge is 2.34. The topological polar surface area (TPSA) is 74.8 Å². The van der Waals surface area contributed by atoms with Crippen LogP contribution in [0.4, 0.5) is 17.6 Å². The Hall–Kier alpha value is -2.20. The SMILES string of the molecule is S=C(NCC1(c2ccc(Cl)cc2)CCCCC1)Nc1nc(N2CCOCC2)cc(N2CCOCC2)n1. The largest absolute Gasteiger partial charge is 0.378 e. The fourth-order valence-electron chi connectivity index (χ4n) is 5.38. The molecule has 2 N–H and O–H groups in total. The molecule has 194 valence electrons. The first-order chi connectivity index (χ1) is 17.6. The molecule has 1 aromatic heterocycles. The standard InChI is InChI=1S/C26H35ClN6O2S/c27-21-6-4-20(5-7-21)26(8-2-1-3-9-26)19-28-25(36)31-24-29-22(32-10-14-34-15-11-32)18-23(30-24)33-12-16-35-17-13-33/h4-7,18H,1-3,8-17,19H2,(H2,28,29,30,31,36). The summed E-state index contributed by atoms with van der Waals surface area (Å²) in [5.74, 6) is 2.30. The van der Waals surface area contributed by atoms with Crippen molar-refractivity contribution in [1.29, 1.82) is 0 Å². The van der Waals surface area contributed by atoms with E-state index in [4.69, 9.17) is 43.3 Å². The minimum absolute atomic E-state index is 0.0457. The molecular formula is C26H35ClN6O2S. The van der Waals surface area contributed by atoms with Gasteiger partial charge in [-0.2, -0.15) is 9.97 Å². The number of morpholine rings is 2. The maximum absolute atomic E-state index is 6.17. The number of hydrogen-bond donors (Lipinski definition) is 2. The molecule has 1 saturated carbocycles. The van der Waals surface area contributed by atoms with Gasteiger partial charge in [0.2, 0.25) is 5.95 Å². The van der Waals surface area contributed by atoms with Crippen molar-refractivity contribution in [2.75, 3.05) is 74.3 Å². The second-order valence-electron chi connectivity index (χ2n) is 9.76. The van der Waals surface area contributed by atoms with Crippen molar-refractivity contribution in [3.05, 3.63) is 40.9 Å². The zero-order valence-electron chi connectivity index (χ0n) is 20.7. The molecule has 1 aromatic carbocycles. The van der Waals surface area contributed by atoms with Crippen molar-refractivity contribution in [1.82, 2.24) is 15.3 Å². The van der Waals surface area contributed by atoms with E-state index in [0.717, 1.165) is 62.2 Å². The Morgan fingerprint density at radius 1 is 0.889 bits per heavy atom. The summed E-state index contributed by atoms with van der Waals surface area (Å²) in [5, 5.41) is 8.08. The van der Waals surface area contributed by atoms with E-state index >= 15 is 0 Å². The lowest BCUT2D eigenvalue weighted by Crippen LogP contribution is -2.44. The highest BCUT2D eigenvalue weighted by Crippen LogP contribution is 2.39. The van der Waals surface area contributed by atoms with Gasteiger partial charge in [0.1, 0.15) is 11.6 Å². The number of nitrogens with one attached hydrogen (secondary N) is 2. The summed E-state index contributed by atoms with van der Waals surface area (Å²) in [4.78, 5) is 14.1. The molecule has 2 aromatic rings. The van der Waals surface area contributed by atoms with Crippen LogP contribution in [0.15, 0.2) is 30.3 Å². The molecular weight excluding hydrogens is 496 g/mol. The van der Waals surface area contributed by atoms with Crippen LogP contribution in [-0.4, -0.2) is 74.2 Å². The Bertz CT molecular complexity index is 985. The van der Waals surface area contributed by atoms with E-state index < -0.39 is 0 Å². The highest BCUT2D eigenvalue weighted by molar-refractivity contribution is 7.80. The predicted molar refractivity (Wildman–Crippen MR) is 149 cm³/mol. The maximum atomic E-state index is 6.17. The molecule has 36 heavy (non-hydrogen) atoms. The van der Waals surface area contributed by atoms with Gasteiger partial charge < -0.3 is 29.9 Å². The molecule has 8 nitrogen and oxygen atoms in total. The van der Waals surface area contributed by atoms with Gasteiger partial charge in [-0.15, -0.1) is 0 Å². The minimum Gasteiger partial charge on any atom is -0.378 e. The van der Waals surface area contributed by atoms with Gasteiger partial charge in [0.15, 0.2) is 5.11 Å². The normalized spacial score (nSPS) is 20.1. The van der Waals surface area contributed by atoms with Crippen LogP contribution in [0.25, 0.3) is 0 Å². The van der Waals surface area contributed by atoms with Crippen molar-refractivity contribution >= 4 is 46.5 Å². The lowest BCUT2D eigenvalue weighted by Gasteiger charge is -2.38. The zero-order chi connectivity index (χ0) is 24.8. The zero-order valence-corrected chi connectivity index (χ0v) is 22.3. The molecule has 0 spiro atoms. The van der Waals surface area contributed by atoms with Crippen LogP contribution < -0.4 is 20.4 Å². The van der Waals surface area contributed by atoms with Crippen LogP contribution in [0, 0.1) is 0 Å². The average Bonchev–Trinajstić information content (AvgIpc) is 2.93. The molecule has 2 aliphatic heterocycles. The van der Waals surface area contributed by atoms with Crippen LogP contribution in [0.3, 0.4) is 0 Å². The Labute approximate surface area is 223 Å². The van der Waals surface area contributed by atoms with Crippen molar-refractivity contribution in [3.63, 3.8) is 0 Å². The van der Waals surface area contributed by atoms with E-state index in [-0.39, 0.29) is 5.41 Å². The van der Waals surface area contributed by atoms with E-state index in [0.29, 0.717) is 37.5 Å². The third-order valence-corrected chi connectivity index (χ3v) is 7.95. The second-order valence-corrected chi connectivity index (χ2v) is 10.6. The number of thiocarbonyl (C=S) groups is 1. The van der Waals surface area contributed by atoms with Gasteiger partial charge in [0, 0.05) is 49.2 Å². The molecule has 0 unspecified atom stereocenters. The van der Waals surface area contributed by atoms with E-state index in [1.165, 1.54) is 24.8 Å². The molecule has 0 amide bonds. The van der Waals surface area contributed by atoms with E-state index in [2.05, 4.69) is 38.6 Å². The van der Waals surface area contributed by atoms with Gasteiger partial charge in [0.05, 0.1) is 26.4 Å². The summed E-state index contributed by atoms with van der Waals surface area (Å²) in [6.45, 7) is 6.81. The molecule has 1 aliphatic carbocycles. The van der Waals surface area contributed by atoms with Gasteiger partial charge in [0.25, 0.3) is 0 Å². The number of nitrogens with zero attached hydrogens (tertiary/aromatic N) is 4. The summed E-state index contributed by atoms with van der Waals surface area (Å²) >= 11 is 11.9. The number of ether oxygens (including phenoxy) is 2. The van der Waals surface area contributed by atoms with Crippen LogP contribution in [-0.2, 0) is 14.9 Å². The summed E-state index contributed by atoms with van der Waals surface area (Å²) in [7, 11) is 0. The first kappa shape index (κ1) is 25.4. The smallest absolute Gasteiger partial charge is 0.232 e. The number of aromatic nitrogens is 2. The number of benzene rings is 1. The summed E-state index contributed by atoms with van der Waals surface area (Å²) < 4.78 is 11.1. The summed E-state index contributed by atoms with van der Waals surface area (Å²) in [6, 6.07) is 10.4. The summed E-state index contributed by atoms with van der Waals surface area (Å²) in [6.07, 6.45) is 5.99. The Balaban J connectivity index is 1.31. The molecule has 3 fully saturated rings. The number of hydrogen-bond acceptors (Lipinski definition) is 7. The third-order valence-electron chi connectivity index (χ3n) is 7.45. The van der Waals surface area contributed by atoms with Crippen molar-refractivity contribution < 1.29 is 9.47 Å². The number of rotatable bonds is 6. The second kappa shape index (κ2) is 11.9. The van der Waals surface area contributed by atoms with Crippen LogP contribution >= 0.6 is 23.8 Å². The molecule has 2 saturated heterocycles. The molecule has 10 heteroatoms. The lowest BCUT2D eigenvalue weighted by molar-refractivity contribution is 0.122. The number of anilines is 3. The van der Waals surface area contributed by atoms with Crippen molar-refractivity contribution in [2.24, 2.45) is 0 Å². The van der Waals surface area contributed by atoms with Gasteiger partial charge >= 0.3 is 0 Å². The van der Waals surface area contributed by atoms with Crippen LogP contribution in [0.2, 0.25) is 5.02 Å². The molecule has 3 aliphatic rings. The molecule has 0 bridgehead atoms. The molecule has 3 heterocycles. The predicted octanol–water partition coefficient (Wildman–Crippen LogP) is 3.99. The fraction of sp³-hybridized carbons (Fsp3) is 0.577. The van der Waals surface area contributed by atoms with E-state index in [1.54, 1.807) is 0 Å². The Morgan fingerprint density at radius 2 is 1.44 bits per heavy atom. The fourth-order valence-corrected chi connectivity index (χ4v) is 5.67. The highest BCUT2D eigenvalue weighted by atomic mass is 35.5. The van der Waals surface area contributed by atoms with Crippen molar-refractivity contribution in [3.8, 4) is 0 Å². The van der Waals surface area contributed by atoms with Gasteiger partial charge in [-0.3, -0.25) is 0 Å². The van der Waals surface area contributed by atoms with Crippen molar-refractivity contribution in [2.45, 2.75) is 37.5 Å². The maximum Gasteiger partial charge on any atom is 0.232 e. The minimum atomic E-state index is 0.0457. The Morgan fingerprint density at radius 3 is 2.00 bits per heavy atom. The van der Waals surface area contributed by atoms with E-state index in [9.17, 15) is 0 Å². The van der Waals surface area contributed by atoms with Gasteiger partial charge in [-0.1, -0.05) is 43.0 Å². The first-order valence-corrected chi connectivity index (χ1v) is 13.8. The molecule has 0 atom stereocenters. The quantitative estimate of drug-likeness (QED) is 0.539. The third kappa shape index (κ3) is 6.19.